The summed E-state index contributed by atoms with van der Waals surface area (Å²) in [6.45, 7) is 10.7. The Hall–Kier alpha value is -6.73. The number of para-hydroxylation sites is 1. The molecular formula is C49H40BN5O. The fraction of sp³-hybridized carbons (Fsp3) is 0.122. The first-order valence-electron chi connectivity index (χ1n) is 19.2. The van der Waals surface area contributed by atoms with Crippen LogP contribution >= 0.6 is 0 Å². The number of hydrogen-bond donors (Lipinski definition) is 1. The highest BCUT2D eigenvalue weighted by molar-refractivity contribution is 6.73. The van der Waals surface area contributed by atoms with Crippen LogP contribution in [0.15, 0.2) is 146 Å². The molecule has 3 aromatic heterocycles. The molecule has 0 unspecified atom stereocenters. The Morgan fingerprint density at radius 2 is 1.29 bits per heavy atom. The first-order valence-corrected chi connectivity index (χ1v) is 19.2. The maximum Gasteiger partial charge on any atom is 0.423 e. The summed E-state index contributed by atoms with van der Waals surface area (Å²) in [5.41, 5.74) is 16.2. The molecule has 4 heterocycles. The minimum absolute atomic E-state index is 0.121. The number of phenols is 1. The van der Waals surface area contributed by atoms with E-state index in [1.165, 1.54) is 5.56 Å². The lowest BCUT2D eigenvalue weighted by atomic mass is 9.65. The third-order valence-electron chi connectivity index (χ3n) is 11.3. The Morgan fingerprint density at radius 1 is 0.589 bits per heavy atom. The number of aromatic hydroxyl groups is 1. The highest BCUT2D eigenvalue weighted by Gasteiger charge is 2.39. The van der Waals surface area contributed by atoms with Crippen LogP contribution < -0.4 is 5.46 Å². The molecule has 0 aliphatic carbocycles. The molecule has 0 amide bonds. The first-order chi connectivity index (χ1) is 27.2. The molecule has 0 saturated heterocycles. The number of hydrogen-bond acceptors (Lipinski definition) is 4. The Kier molecular flexibility index (Phi) is 7.65. The number of benzene rings is 6. The van der Waals surface area contributed by atoms with Gasteiger partial charge in [0.05, 0.1) is 33.3 Å². The van der Waals surface area contributed by atoms with E-state index in [4.69, 9.17) is 15.0 Å². The molecule has 0 spiro atoms. The normalized spacial score (nSPS) is 12.4. The zero-order valence-electron chi connectivity index (χ0n) is 32.1. The van der Waals surface area contributed by atoms with E-state index < -0.39 is 0 Å². The molecule has 9 aromatic rings. The van der Waals surface area contributed by atoms with Crippen molar-refractivity contribution in [2.75, 3.05) is 0 Å². The molecule has 0 fully saturated rings. The number of imidazole rings is 2. The summed E-state index contributed by atoms with van der Waals surface area (Å²) in [6.07, 6.45) is 1.90. The first kappa shape index (κ1) is 33.8. The van der Waals surface area contributed by atoms with Gasteiger partial charge in [-0.05, 0) is 101 Å². The largest absolute Gasteiger partial charge is 0.507 e. The van der Waals surface area contributed by atoms with Crippen LogP contribution in [0.1, 0.15) is 37.5 Å². The highest BCUT2D eigenvalue weighted by atomic mass is 16.3. The molecule has 6 nitrogen and oxygen atoms in total. The molecule has 0 saturated carbocycles. The number of rotatable bonds is 5. The second-order valence-electron chi connectivity index (χ2n) is 16.0. The van der Waals surface area contributed by atoms with Gasteiger partial charge >= 0.3 is 6.98 Å². The molecular weight excluding hydrogens is 685 g/mol. The van der Waals surface area contributed by atoms with Crippen molar-refractivity contribution in [1.29, 1.82) is 0 Å². The summed E-state index contributed by atoms with van der Waals surface area (Å²) in [5, 5.41) is 11.8. The summed E-state index contributed by atoms with van der Waals surface area (Å²) in [4.78, 5) is 15.7. The van der Waals surface area contributed by atoms with Gasteiger partial charge in [-0.1, -0.05) is 118 Å². The van der Waals surface area contributed by atoms with E-state index in [0.717, 1.165) is 83.6 Å². The van der Waals surface area contributed by atoms with E-state index in [1.54, 1.807) is 6.07 Å². The van der Waals surface area contributed by atoms with Gasteiger partial charge in [-0.2, -0.15) is 0 Å². The number of aryl methyl sites for hydroxylation is 2. The maximum absolute atomic E-state index is 11.8. The summed E-state index contributed by atoms with van der Waals surface area (Å²) in [7, 11) is 0. The van der Waals surface area contributed by atoms with Crippen molar-refractivity contribution >= 4 is 34.5 Å². The Bertz CT molecular complexity index is 2970. The van der Waals surface area contributed by atoms with Crippen molar-refractivity contribution in [3.05, 3.63) is 162 Å². The number of fused-ring (bicyclic) bond motifs is 4. The number of aromatic nitrogens is 5. The number of pyridine rings is 1. The Morgan fingerprint density at radius 3 is 2.04 bits per heavy atom. The summed E-state index contributed by atoms with van der Waals surface area (Å²) >= 11 is 0. The maximum atomic E-state index is 11.8. The average molecular weight is 726 g/mol. The summed E-state index contributed by atoms with van der Waals surface area (Å²) in [5.74, 6) is 1.76. The van der Waals surface area contributed by atoms with Crippen molar-refractivity contribution in [3.8, 4) is 62.0 Å². The average Bonchev–Trinajstić information content (AvgIpc) is 3.79. The Balaban J connectivity index is 1.24. The zero-order chi connectivity index (χ0) is 38.3. The van der Waals surface area contributed by atoms with Gasteiger partial charge in [0.25, 0.3) is 0 Å². The molecule has 0 radical (unpaired) electrons. The lowest BCUT2D eigenvalue weighted by Crippen LogP contribution is -2.47. The SMILES string of the molecule is Cc1cccc(C)c1-c1nc2ccc(O)c3c2n1B(c1ccccc1)n1c-3nc2c(-c3cc(-c4cc(-c5ccccc5)ccn4)cc(C(C)(C)C)c3)cccc21. The second-order valence-corrected chi connectivity index (χ2v) is 16.0. The van der Waals surface area contributed by atoms with Crippen LogP contribution in [0.2, 0.25) is 0 Å². The van der Waals surface area contributed by atoms with Gasteiger partial charge in [-0.15, -0.1) is 0 Å². The van der Waals surface area contributed by atoms with Gasteiger partial charge in [0.2, 0.25) is 0 Å². The fourth-order valence-corrected chi connectivity index (χ4v) is 8.55. The van der Waals surface area contributed by atoms with Crippen LogP contribution in [-0.4, -0.2) is 36.0 Å². The predicted molar refractivity (Wildman–Crippen MR) is 230 cm³/mol. The molecule has 10 rings (SSSR count). The molecule has 1 N–H and O–H groups in total. The van der Waals surface area contributed by atoms with Crippen LogP contribution in [0.4, 0.5) is 0 Å². The molecule has 56 heavy (non-hydrogen) atoms. The van der Waals surface area contributed by atoms with E-state index in [2.05, 4.69) is 165 Å². The second kappa shape index (κ2) is 12.7. The molecule has 7 heteroatoms. The summed E-state index contributed by atoms with van der Waals surface area (Å²) in [6, 6.07) is 48.6. The van der Waals surface area contributed by atoms with Crippen LogP contribution in [-0.2, 0) is 5.41 Å². The van der Waals surface area contributed by atoms with Crippen LogP contribution in [0.25, 0.3) is 78.4 Å². The quantitative estimate of drug-likeness (QED) is 0.179. The lowest BCUT2D eigenvalue weighted by molar-refractivity contribution is 0.477. The van der Waals surface area contributed by atoms with Crippen LogP contribution in [0.5, 0.6) is 5.75 Å². The van der Waals surface area contributed by atoms with Crippen molar-refractivity contribution in [3.63, 3.8) is 0 Å². The predicted octanol–water partition coefficient (Wildman–Crippen LogP) is 10.8. The van der Waals surface area contributed by atoms with Gasteiger partial charge in [-0.25, -0.2) is 9.97 Å². The molecule has 6 aromatic carbocycles. The van der Waals surface area contributed by atoms with E-state index in [0.29, 0.717) is 11.4 Å². The lowest BCUT2D eigenvalue weighted by Gasteiger charge is -2.28. The topological polar surface area (TPSA) is 68.8 Å². The van der Waals surface area contributed by atoms with E-state index in [9.17, 15) is 5.11 Å². The Labute approximate surface area is 326 Å². The third-order valence-corrected chi connectivity index (χ3v) is 11.3. The molecule has 1 aliphatic rings. The van der Waals surface area contributed by atoms with Gasteiger partial charge in [-0.3, -0.25) is 4.98 Å². The molecule has 1 aliphatic heterocycles. The highest BCUT2D eigenvalue weighted by Crippen LogP contribution is 2.45. The molecule has 0 atom stereocenters. The smallest absolute Gasteiger partial charge is 0.423 e. The molecule has 270 valence electrons. The van der Waals surface area contributed by atoms with E-state index in [1.807, 2.05) is 18.3 Å². The van der Waals surface area contributed by atoms with E-state index in [-0.39, 0.29) is 18.1 Å². The van der Waals surface area contributed by atoms with Crippen molar-refractivity contribution in [1.82, 2.24) is 23.9 Å². The number of phenolic OH excluding ortho intramolecular Hbond substituents is 1. The molecule has 0 bridgehead atoms. The van der Waals surface area contributed by atoms with Gasteiger partial charge in [0.15, 0.2) is 0 Å². The van der Waals surface area contributed by atoms with Crippen molar-refractivity contribution in [2.24, 2.45) is 0 Å². The monoisotopic (exact) mass is 725 g/mol. The fourth-order valence-electron chi connectivity index (χ4n) is 8.55. The minimum atomic E-state index is -0.318. The number of nitrogens with zero attached hydrogens (tertiary/aromatic N) is 5. The minimum Gasteiger partial charge on any atom is -0.507 e. The summed E-state index contributed by atoms with van der Waals surface area (Å²) < 4.78 is 4.62. The van der Waals surface area contributed by atoms with Crippen molar-refractivity contribution < 1.29 is 5.11 Å². The van der Waals surface area contributed by atoms with Crippen LogP contribution in [0, 0.1) is 13.8 Å². The van der Waals surface area contributed by atoms with E-state index >= 15 is 0 Å². The zero-order valence-corrected chi connectivity index (χ0v) is 32.1. The third kappa shape index (κ3) is 5.29. The van der Waals surface area contributed by atoms with Crippen molar-refractivity contribution in [2.45, 2.75) is 40.0 Å². The van der Waals surface area contributed by atoms with Gasteiger partial charge in [0.1, 0.15) is 17.4 Å². The standard InChI is InChI=1S/C49H40BN5O/c1-30-14-12-15-31(2)43(30)47-52-39-22-23-42(56)44-46(39)55(47)50(37-18-10-7-11-19-37)54-41-21-13-20-38(45(41)53-48(44)54)34-26-35(28-36(27-34)49(3,4)5)40-29-33(24-25-51-40)32-16-8-6-9-17-32/h6-29,56H,1-5H3. The van der Waals surface area contributed by atoms with Crippen LogP contribution in [0.3, 0.4) is 0 Å². The van der Waals surface area contributed by atoms with Gasteiger partial charge < -0.3 is 14.1 Å². The van der Waals surface area contributed by atoms with Gasteiger partial charge in [0, 0.05) is 22.9 Å².